The number of benzene rings is 1. The second kappa shape index (κ2) is 10.2. The molecule has 3 heterocycles. The summed E-state index contributed by atoms with van der Waals surface area (Å²) >= 11 is 0. The van der Waals surface area contributed by atoms with Gasteiger partial charge in [-0.25, -0.2) is 4.39 Å². The van der Waals surface area contributed by atoms with Gasteiger partial charge in [0.1, 0.15) is 0 Å². The van der Waals surface area contributed by atoms with E-state index in [1.807, 2.05) is 0 Å². The molecule has 13 heteroatoms. The fraction of sp³-hybridized carbons (Fsp3) is 0.417. The molecule has 0 unspecified atom stereocenters. The lowest BCUT2D eigenvalue weighted by Gasteiger charge is -2.31. The van der Waals surface area contributed by atoms with Crippen LogP contribution in [-0.4, -0.2) is 67.1 Å². The molecule has 1 aromatic carbocycles. The summed E-state index contributed by atoms with van der Waals surface area (Å²) in [5.41, 5.74) is -3.35. The summed E-state index contributed by atoms with van der Waals surface area (Å²) in [6, 6.07) is 4.01. The summed E-state index contributed by atoms with van der Waals surface area (Å²) < 4.78 is 61.8. The highest BCUT2D eigenvalue weighted by Gasteiger charge is 2.40. The van der Waals surface area contributed by atoms with E-state index in [2.05, 4.69) is 10.3 Å². The van der Waals surface area contributed by atoms with Crippen molar-refractivity contribution < 1.29 is 31.9 Å². The molecular weight excluding hydrogens is 498 g/mol. The minimum absolute atomic E-state index is 0.0558. The molecule has 2 amide bonds. The fourth-order valence-electron chi connectivity index (χ4n) is 4.54. The molecule has 196 valence electrons. The molecule has 4 rings (SSSR count). The van der Waals surface area contributed by atoms with Crippen LogP contribution < -0.4 is 15.8 Å². The van der Waals surface area contributed by atoms with Gasteiger partial charge < -0.3 is 24.8 Å². The van der Waals surface area contributed by atoms with Gasteiger partial charge in [0.05, 0.1) is 47.2 Å². The SMILES string of the molecule is Cc1cc(C(=O)N[C@@H]2CCN(c3c(C(=O)N4CCOCC4)cc(C#N)cc3C(F)(F)F)C2)c(F)c(=O)[nH]1. The number of rotatable bonds is 4. The van der Waals surface area contributed by atoms with Crippen LogP contribution in [0.2, 0.25) is 0 Å². The number of aryl methyl sites for hydroxylation is 1. The molecule has 1 aromatic heterocycles. The number of pyridine rings is 1. The quantitative estimate of drug-likeness (QED) is 0.596. The zero-order valence-electron chi connectivity index (χ0n) is 19.7. The number of halogens is 4. The monoisotopic (exact) mass is 521 g/mol. The largest absolute Gasteiger partial charge is 0.418 e. The Morgan fingerprint density at radius 1 is 1.16 bits per heavy atom. The lowest BCUT2D eigenvalue weighted by molar-refractivity contribution is -0.137. The van der Waals surface area contributed by atoms with Gasteiger partial charge in [0.25, 0.3) is 17.4 Å². The van der Waals surface area contributed by atoms with Gasteiger partial charge >= 0.3 is 6.18 Å². The van der Waals surface area contributed by atoms with Gasteiger partial charge in [-0.1, -0.05) is 0 Å². The second-order valence-corrected chi connectivity index (χ2v) is 8.85. The zero-order valence-corrected chi connectivity index (χ0v) is 19.7. The van der Waals surface area contributed by atoms with Crippen molar-refractivity contribution in [2.75, 3.05) is 44.3 Å². The Morgan fingerprint density at radius 2 is 1.86 bits per heavy atom. The first-order valence-corrected chi connectivity index (χ1v) is 11.5. The van der Waals surface area contributed by atoms with Crippen molar-refractivity contribution in [3.8, 4) is 6.07 Å². The molecule has 2 aromatic rings. The predicted molar refractivity (Wildman–Crippen MR) is 123 cm³/mol. The standard InChI is InChI=1S/C24H23F4N5O4/c1-13-8-16(19(25)22(35)30-13)21(34)31-15-2-3-33(12-15)20-17(23(36)32-4-6-37-7-5-32)9-14(11-29)10-18(20)24(26,27)28/h8-10,15H,2-7,12H2,1H3,(H,30,35)(H,31,34)/t15-/m1/s1. The number of anilines is 1. The minimum Gasteiger partial charge on any atom is -0.378 e. The molecule has 0 aliphatic carbocycles. The molecule has 0 saturated carbocycles. The average molecular weight is 521 g/mol. The predicted octanol–water partition coefficient (Wildman–Crippen LogP) is 2.19. The number of carbonyl (C=O) groups is 2. The number of ether oxygens (including phenoxy) is 1. The second-order valence-electron chi connectivity index (χ2n) is 8.85. The van der Waals surface area contributed by atoms with Crippen LogP contribution in [-0.2, 0) is 10.9 Å². The fourth-order valence-corrected chi connectivity index (χ4v) is 4.54. The van der Waals surface area contributed by atoms with Crippen molar-refractivity contribution in [1.82, 2.24) is 15.2 Å². The lowest BCUT2D eigenvalue weighted by atomic mass is 10.00. The van der Waals surface area contributed by atoms with E-state index in [1.54, 1.807) is 6.07 Å². The Hall–Kier alpha value is -3.92. The Kier molecular flexibility index (Phi) is 7.22. The van der Waals surface area contributed by atoms with Crippen molar-refractivity contribution >= 4 is 17.5 Å². The summed E-state index contributed by atoms with van der Waals surface area (Å²) in [6.45, 7) is 2.29. The number of hydrogen-bond donors (Lipinski definition) is 2. The van der Waals surface area contributed by atoms with E-state index in [1.165, 1.54) is 22.8 Å². The number of alkyl halides is 3. The first-order valence-electron chi connectivity index (χ1n) is 11.5. The number of morpholine rings is 1. The normalized spacial score (nSPS) is 18.0. The smallest absolute Gasteiger partial charge is 0.378 e. The van der Waals surface area contributed by atoms with Crippen LogP contribution in [0.5, 0.6) is 0 Å². The number of nitrogens with one attached hydrogen (secondary N) is 2. The number of aromatic amines is 1. The summed E-state index contributed by atoms with van der Waals surface area (Å²) in [5.74, 6) is -2.80. The molecule has 2 aliphatic heterocycles. The average Bonchev–Trinajstić information content (AvgIpc) is 3.32. The number of hydrogen-bond acceptors (Lipinski definition) is 6. The number of carbonyl (C=O) groups excluding carboxylic acids is 2. The van der Waals surface area contributed by atoms with Crippen molar-refractivity contribution in [2.24, 2.45) is 0 Å². The Morgan fingerprint density at radius 3 is 2.51 bits per heavy atom. The van der Waals surface area contributed by atoms with E-state index in [0.29, 0.717) is 6.07 Å². The molecule has 0 radical (unpaired) electrons. The molecule has 9 nitrogen and oxygen atoms in total. The van der Waals surface area contributed by atoms with Crippen LogP contribution in [0.1, 0.15) is 44.0 Å². The number of nitriles is 1. The summed E-state index contributed by atoms with van der Waals surface area (Å²) in [4.78, 5) is 42.6. The van der Waals surface area contributed by atoms with Gasteiger partial charge in [-0.05, 0) is 31.5 Å². The van der Waals surface area contributed by atoms with E-state index >= 15 is 0 Å². The van der Waals surface area contributed by atoms with Crippen molar-refractivity contribution in [3.05, 3.63) is 62.3 Å². The molecule has 2 saturated heterocycles. The van der Waals surface area contributed by atoms with Crippen LogP contribution in [0.25, 0.3) is 0 Å². The molecule has 0 bridgehead atoms. The van der Waals surface area contributed by atoms with Gasteiger partial charge in [0, 0.05) is 37.9 Å². The van der Waals surface area contributed by atoms with Gasteiger partial charge in [0.15, 0.2) is 0 Å². The van der Waals surface area contributed by atoms with Crippen LogP contribution in [0.15, 0.2) is 23.0 Å². The maximum atomic E-state index is 14.2. The maximum absolute atomic E-state index is 14.2. The number of amides is 2. The molecule has 0 spiro atoms. The summed E-state index contributed by atoms with van der Waals surface area (Å²) in [5, 5.41) is 11.9. The number of nitrogens with zero attached hydrogens (tertiary/aromatic N) is 3. The third-order valence-electron chi connectivity index (χ3n) is 6.26. The van der Waals surface area contributed by atoms with Crippen LogP contribution >= 0.6 is 0 Å². The molecule has 1 atom stereocenters. The van der Waals surface area contributed by atoms with Crippen molar-refractivity contribution in [3.63, 3.8) is 0 Å². The van der Waals surface area contributed by atoms with Crippen LogP contribution in [0.4, 0.5) is 23.2 Å². The molecular formula is C24H23F4N5O4. The first kappa shape index (κ1) is 26.2. The third kappa shape index (κ3) is 5.43. The molecule has 37 heavy (non-hydrogen) atoms. The van der Waals surface area contributed by atoms with Crippen molar-refractivity contribution in [1.29, 1.82) is 5.26 Å². The summed E-state index contributed by atoms with van der Waals surface area (Å²) in [7, 11) is 0. The third-order valence-corrected chi connectivity index (χ3v) is 6.26. The van der Waals surface area contributed by atoms with E-state index in [9.17, 15) is 37.2 Å². The van der Waals surface area contributed by atoms with E-state index < -0.39 is 46.5 Å². The van der Waals surface area contributed by atoms with E-state index in [0.717, 1.165) is 6.07 Å². The Balaban J connectivity index is 1.66. The highest BCUT2D eigenvalue weighted by molar-refractivity contribution is 6.01. The van der Waals surface area contributed by atoms with Gasteiger partial charge in [0.2, 0.25) is 5.82 Å². The van der Waals surface area contributed by atoms with E-state index in [4.69, 9.17) is 4.74 Å². The maximum Gasteiger partial charge on any atom is 0.418 e. The van der Waals surface area contributed by atoms with Gasteiger partial charge in [-0.3, -0.25) is 14.4 Å². The lowest BCUT2D eigenvalue weighted by Crippen LogP contribution is -2.42. The summed E-state index contributed by atoms with van der Waals surface area (Å²) in [6.07, 6.45) is -4.66. The first-order chi connectivity index (χ1) is 17.5. The van der Waals surface area contributed by atoms with Crippen molar-refractivity contribution in [2.45, 2.75) is 25.6 Å². The number of aromatic nitrogens is 1. The zero-order chi connectivity index (χ0) is 26.9. The Bertz CT molecular complexity index is 1330. The topological polar surface area (TPSA) is 119 Å². The highest BCUT2D eigenvalue weighted by atomic mass is 19.4. The van der Waals surface area contributed by atoms with Gasteiger partial charge in [-0.2, -0.15) is 18.4 Å². The molecule has 2 N–H and O–H groups in total. The molecule has 2 fully saturated rings. The number of H-pyrrole nitrogens is 1. The van der Waals surface area contributed by atoms with Gasteiger partial charge in [-0.15, -0.1) is 0 Å². The van der Waals surface area contributed by atoms with Crippen LogP contribution in [0, 0.1) is 24.1 Å². The van der Waals surface area contributed by atoms with Crippen LogP contribution in [0.3, 0.4) is 0 Å². The minimum atomic E-state index is -4.87. The highest BCUT2D eigenvalue weighted by Crippen LogP contribution is 2.41. The van der Waals surface area contributed by atoms with E-state index in [-0.39, 0.29) is 68.3 Å². The molecule has 2 aliphatic rings. The Labute approximate surface area is 208 Å².